The van der Waals surface area contributed by atoms with Crippen molar-refractivity contribution >= 4 is 22.9 Å². The van der Waals surface area contributed by atoms with Crippen LogP contribution in [0.15, 0.2) is 59.7 Å². The van der Waals surface area contributed by atoms with Crippen LogP contribution in [0.25, 0.3) is 5.69 Å². The second kappa shape index (κ2) is 8.13. The van der Waals surface area contributed by atoms with E-state index in [1.165, 1.54) is 5.56 Å². The van der Waals surface area contributed by atoms with Crippen molar-refractivity contribution in [3.05, 3.63) is 82.9 Å². The van der Waals surface area contributed by atoms with E-state index in [2.05, 4.69) is 47.4 Å². The number of rotatable bonds is 5. The molecule has 0 radical (unpaired) electrons. The number of aliphatic imine (C=N–C) groups is 1. The first-order valence-corrected chi connectivity index (χ1v) is 11.9. The average Bonchev–Trinajstić information content (AvgIpc) is 3.46. The van der Waals surface area contributed by atoms with Gasteiger partial charge in [0.15, 0.2) is 5.17 Å². The molecule has 7 heteroatoms. The maximum Gasteiger partial charge on any atom is 0.335 e. The van der Waals surface area contributed by atoms with E-state index in [-0.39, 0.29) is 12.1 Å². The highest BCUT2D eigenvalue weighted by molar-refractivity contribution is 8.14. The van der Waals surface area contributed by atoms with Gasteiger partial charge in [0.2, 0.25) is 0 Å². The van der Waals surface area contributed by atoms with Crippen molar-refractivity contribution in [1.29, 1.82) is 0 Å². The van der Waals surface area contributed by atoms with Crippen molar-refractivity contribution < 1.29 is 9.90 Å². The first-order valence-electron chi connectivity index (χ1n) is 10.9. The van der Waals surface area contributed by atoms with Crippen LogP contribution < -0.4 is 0 Å². The standard InChI is InChI=1S/C25H26N4O2S/c1-4-18-14-32-25-27-22(21-7-5-6-12-26-21)23(29(18)25)20-13-15(2)28(16(20)3)19-10-8-17(9-11-19)24(30)31/h5-13,18,22-23H,4,14H2,1-3H3,(H,30,31)/t18-,22+,23-/m1/s1. The Morgan fingerprint density at radius 1 is 1.19 bits per heavy atom. The number of pyridine rings is 1. The number of hydrogen-bond acceptors (Lipinski definition) is 5. The summed E-state index contributed by atoms with van der Waals surface area (Å²) in [5, 5.41) is 10.4. The van der Waals surface area contributed by atoms with Crippen molar-refractivity contribution in [3.63, 3.8) is 0 Å². The fourth-order valence-electron chi connectivity index (χ4n) is 4.92. The smallest absolute Gasteiger partial charge is 0.335 e. The summed E-state index contributed by atoms with van der Waals surface area (Å²) in [6.07, 6.45) is 2.92. The number of carboxylic acid groups (broad SMARTS) is 1. The SMILES string of the molecule is CC[C@@H]1CSC2=N[C@@H](c3ccccn3)[C@@H](c3cc(C)n(-c4ccc(C(=O)O)cc4)c3C)N21. The summed E-state index contributed by atoms with van der Waals surface area (Å²) < 4.78 is 2.21. The molecule has 6 nitrogen and oxygen atoms in total. The first kappa shape index (κ1) is 20.8. The highest BCUT2D eigenvalue weighted by Crippen LogP contribution is 2.49. The van der Waals surface area contributed by atoms with Crippen molar-refractivity contribution in [1.82, 2.24) is 14.5 Å². The number of thioether (sulfide) groups is 1. The van der Waals surface area contributed by atoms with Crippen molar-refractivity contribution in [2.24, 2.45) is 4.99 Å². The monoisotopic (exact) mass is 446 g/mol. The summed E-state index contributed by atoms with van der Waals surface area (Å²) in [4.78, 5) is 23.5. The van der Waals surface area contributed by atoms with Crippen LogP contribution in [0.1, 0.15) is 58.4 Å². The van der Waals surface area contributed by atoms with Crippen molar-refractivity contribution in [2.75, 3.05) is 5.75 Å². The average molecular weight is 447 g/mol. The number of benzene rings is 1. The summed E-state index contributed by atoms with van der Waals surface area (Å²) in [5.41, 5.74) is 5.77. The van der Waals surface area contributed by atoms with E-state index in [0.717, 1.165) is 40.1 Å². The van der Waals surface area contributed by atoms with E-state index in [1.54, 1.807) is 12.1 Å². The molecule has 1 N–H and O–H groups in total. The van der Waals surface area contributed by atoms with Gasteiger partial charge in [-0.2, -0.15) is 0 Å². The van der Waals surface area contributed by atoms with Gasteiger partial charge in [0.05, 0.1) is 17.3 Å². The lowest BCUT2D eigenvalue weighted by Gasteiger charge is -2.32. The van der Waals surface area contributed by atoms with Gasteiger partial charge in [-0.15, -0.1) is 0 Å². The van der Waals surface area contributed by atoms with Crippen LogP contribution in [0, 0.1) is 13.8 Å². The van der Waals surface area contributed by atoms with Crippen LogP contribution in [0.3, 0.4) is 0 Å². The number of carboxylic acids is 1. The second-order valence-corrected chi connectivity index (χ2v) is 9.34. The quantitative estimate of drug-likeness (QED) is 0.586. The number of aromatic carboxylic acids is 1. The van der Waals surface area contributed by atoms with Gasteiger partial charge in [0.1, 0.15) is 6.04 Å². The minimum Gasteiger partial charge on any atom is -0.478 e. The lowest BCUT2D eigenvalue weighted by molar-refractivity contribution is 0.0697. The molecule has 0 saturated carbocycles. The van der Waals surface area contributed by atoms with Gasteiger partial charge in [0, 0.05) is 35.1 Å². The molecule has 3 atom stereocenters. The van der Waals surface area contributed by atoms with Crippen molar-refractivity contribution in [3.8, 4) is 5.69 Å². The fraction of sp³-hybridized carbons (Fsp3) is 0.320. The summed E-state index contributed by atoms with van der Waals surface area (Å²) in [7, 11) is 0. The van der Waals surface area contributed by atoms with E-state index in [9.17, 15) is 9.90 Å². The molecule has 1 aromatic carbocycles. The predicted molar refractivity (Wildman–Crippen MR) is 128 cm³/mol. The molecule has 3 aromatic rings. The Kier molecular flexibility index (Phi) is 5.29. The van der Waals surface area contributed by atoms with E-state index in [0.29, 0.717) is 11.6 Å². The minimum absolute atomic E-state index is 0.0450. The number of aromatic nitrogens is 2. The van der Waals surface area contributed by atoms with Crippen molar-refractivity contribution in [2.45, 2.75) is 45.3 Å². The number of carbonyl (C=O) groups is 1. The summed E-state index contributed by atoms with van der Waals surface area (Å²) >= 11 is 1.85. The van der Waals surface area contributed by atoms with E-state index >= 15 is 0 Å². The lowest BCUT2D eigenvalue weighted by Crippen LogP contribution is -2.35. The molecule has 0 amide bonds. The third-order valence-corrected chi connectivity index (χ3v) is 7.62. The highest BCUT2D eigenvalue weighted by atomic mass is 32.2. The molecule has 2 aromatic heterocycles. The van der Waals surface area contributed by atoms with Gasteiger partial charge in [-0.25, -0.2) is 4.79 Å². The number of fused-ring (bicyclic) bond motifs is 1. The molecule has 2 aliphatic rings. The van der Waals surface area contributed by atoms with Crippen LogP contribution in [0.5, 0.6) is 0 Å². The van der Waals surface area contributed by atoms with E-state index in [1.807, 2.05) is 42.2 Å². The van der Waals surface area contributed by atoms with Gasteiger partial charge in [-0.1, -0.05) is 24.8 Å². The molecule has 0 bridgehead atoms. The number of hydrogen-bond donors (Lipinski definition) is 1. The Labute approximate surface area is 192 Å². The van der Waals surface area contributed by atoms with Crippen LogP contribution in [-0.4, -0.2) is 42.5 Å². The molecule has 5 rings (SSSR count). The maximum atomic E-state index is 11.3. The molecule has 1 saturated heterocycles. The Bertz CT molecular complexity index is 1190. The molecule has 2 aliphatic heterocycles. The Morgan fingerprint density at radius 3 is 2.62 bits per heavy atom. The van der Waals surface area contributed by atoms with Gasteiger partial charge in [-0.3, -0.25) is 9.98 Å². The molecule has 0 unspecified atom stereocenters. The Morgan fingerprint density at radius 2 is 1.97 bits per heavy atom. The predicted octanol–water partition coefficient (Wildman–Crippen LogP) is 5.17. The molecule has 0 aliphatic carbocycles. The first-order chi connectivity index (χ1) is 15.5. The maximum absolute atomic E-state index is 11.3. The normalized spacial score (nSPS) is 22.2. The third-order valence-electron chi connectivity index (χ3n) is 6.49. The molecule has 0 spiro atoms. The Hall–Kier alpha value is -3.06. The zero-order valence-electron chi connectivity index (χ0n) is 18.4. The fourth-order valence-corrected chi connectivity index (χ4v) is 6.26. The zero-order chi connectivity index (χ0) is 22.4. The molecule has 1 fully saturated rings. The Balaban J connectivity index is 1.60. The molecular formula is C25H26N4O2S. The summed E-state index contributed by atoms with van der Waals surface area (Å²) in [6, 6.07) is 15.9. The molecule has 164 valence electrons. The second-order valence-electron chi connectivity index (χ2n) is 8.35. The van der Waals surface area contributed by atoms with Crippen LogP contribution >= 0.6 is 11.8 Å². The van der Waals surface area contributed by atoms with Gasteiger partial charge in [-0.05, 0) is 68.3 Å². The molecule has 4 heterocycles. The minimum atomic E-state index is -0.913. The topological polar surface area (TPSA) is 70.7 Å². The third kappa shape index (κ3) is 3.32. The largest absolute Gasteiger partial charge is 0.478 e. The van der Waals surface area contributed by atoms with Gasteiger partial charge < -0.3 is 14.6 Å². The van der Waals surface area contributed by atoms with Gasteiger partial charge >= 0.3 is 5.97 Å². The zero-order valence-corrected chi connectivity index (χ0v) is 19.2. The van der Waals surface area contributed by atoms with Crippen LogP contribution in [-0.2, 0) is 0 Å². The van der Waals surface area contributed by atoms with E-state index < -0.39 is 5.97 Å². The molecule has 32 heavy (non-hydrogen) atoms. The molecular weight excluding hydrogens is 420 g/mol. The van der Waals surface area contributed by atoms with Crippen LogP contribution in [0.2, 0.25) is 0 Å². The van der Waals surface area contributed by atoms with Crippen LogP contribution in [0.4, 0.5) is 0 Å². The van der Waals surface area contributed by atoms with Gasteiger partial charge in [0.25, 0.3) is 0 Å². The number of amidine groups is 1. The lowest BCUT2D eigenvalue weighted by atomic mass is 9.95. The van der Waals surface area contributed by atoms with E-state index in [4.69, 9.17) is 4.99 Å². The summed E-state index contributed by atoms with van der Waals surface area (Å²) in [5.74, 6) is 0.153. The number of nitrogens with zero attached hydrogens (tertiary/aromatic N) is 4. The number of aryl methyl sites for hydroxylation is 1. The summed E-state index contributed by atoms with van der Waals surface area (Å²) in [6.45, 7) is 6.49. The highest BCUT2D eigenvalue weighted by Gasteiger charge is 2.46.